The van der Waals surface area contributed by atoms with Gasteiger partial charge >= 0.3 is 0 Å². The molecule has 3 rings (SSSR count). The van der Waals surface area contributed by atoms with Crippen LogP contribution in [0.4, 0.5) is 5.69 Å². The van der Waals surface area contributed by atoms with Gasteiger partial charge in [0.2, 0.25) is 5.91 Å². The molecular formula is C20H20BrN5O2S. The third kappa shape index (κ3) is 5.68. The van der Waals surface area contributed by atoms with Gasteiger partial charge in [0, 0.05) is 36.4 Å². The Morgan fingerprint density at radius 1 is 1.21 bits per heavy atom. The maximum absolute atomic E-state index is 12.8. The first-order valence-electron chi connectivity index (χ1n) is 8.79. The minimum Gasteiger partial charge on any atom is -0.337 e. The number of carbonyl (C=O) groups excluding carboxylic acids is 2. The number of amides is 2. The van der Waals surface area contributed by atoms with Crippen molar-refractivity contribution in [2.45, 2.75) is 11.7 Å². The Labute approximate surface area is 181 Å². The molecule has 2 aromatic carbocycles. The molecule has 0 atom stereocenters. The highest BCUT2D eigenvalue weighted by Gasteiger charge is 2.14. The summed E-state index contributed by atoms with van der Waals surface area (Å²) in [6.45, 7) is 0.477. The summed E-state index contributed by atoms with van der Waals surface area (Å²) >= 11 is 4.80. The Hall–Kier alpha value is -2.65. The molecule has 0 aliphatic rings. The summed E-state index contributed by atoms with van der Waals surface area (Å²) in [7, 11) is 3.57. The molecule has 7 nitrogen and oxygen atoms in total. The van der Waals surface area contributed by atoms with Crippen molar-refractivity contribution in [2.24, 2.45) is 7.05 Å². The summed E-state index contributed by atoms with van der Waals surface area (Å²) in [5, 5.41) is 11.2. The van der Waals surface area contributed by atoms with E-state index in [-0.39, 0.29) is 17.6 Å². The van der Waals surface area contributed by atoms with E-state index in [0.717, 1.165) is 10.0 Å². The Kier molecular flexibility index (Phi) is 7.05. The number of hydrogen-bond acceptors (Lipinski definition) is 5. The van der Waals surface area contributed by atoms with Gasteiger partial charge in [-0.3, -0.25) is 9.59 Å². The first-order valence-corrected chi connectivity index (χ1v) is 10.6. The highest BCUT2D eigenvalue weighted by atomic mass is 79.9. The number of nitrogens with one attached hydrogen (secondary N) is 1. The molecule has 0 radical (unpaired) electrons. The zero-order valence-electron chi connectivity index (χ0n) is 16.0. The predicted octanol–water partition coefficient (Wildman–Crippen LogP) is 3.58. The van der Waals surface area contributed by atoms with Crippen LogP contribution in [0.5, 0.6) is 0 Å². The van der Waals surface area contributed by atoms with E-state index in [0.29, 0.717) is 23.0 Å². The van der Waals surface area contributed by atoms with Crippen molar-refractivity contribution in [3.63, 3.8) is 0 Å². The van der Waals surface area contributed by atoms with Crippen LogP contribution in [0.1, 0.15) is 15.9 Å². The molecule has 0 fully saturated rings. The average molecular weight is 474 g/mol. The molecule has 0 spiro atoms. The smallest absolute Gasteiger partial charge is 0.253 e. The van der Waals surface area contributed by atoms with E-state index in [9.17, 15) is 9.59 Å². The lowest BCUT2D eigenvalue weighted by Crippen LogP contribution is -2.26. The van der Waals surface area contributed by atoms with E-state index in [4.69, 9.17) is 0 Å². The molecule has 9 heteroatoms. The molecule has 1 N–H and O–H groups in total. The largest absolute Gasteiger partial charge is 0.337 e. The number of thioether (sulfide) groups is 1. The minimum absolute atomic E-state index is 0.120. The highest BCUT2D eigenvalue weighted by Crippen LogP contribution is 2.19. The number of carbonyl (C=O) groups is 2. The maximum atomic E-state index is 12.8. The fraction of sp³-hybridized carbons (Fsp3) is 0.200. The van der Waals surface area contributed by atoms with Gasteiger partial charge in [-0.05, 0) is 29.8 Å². The highest BCUT2D eigenvalue weighted by molar-refractivity contribution is 9.10. The monoisotopic (exact) mass is 473 g/mol. The molecule has 0 bridgehead atoms. The van der Waals surface area contributed by atoms with Crippen LogP contribution in [0.3, 0.4) is 0 Å². The first kappa shape index (κ1) is 21.1. The molecule has 29 heavy (non-hydrogen) atoms. The van der Waals surface area contributed by atoms with E-state index >= 15 is 0 Å². The number of halogens is 1. The van der Waals surface area contributed by atoms with Crippen molar-refractivity contribution in [3.05, 3.63) is 70.5 Å². The fourth-order valence-electron chi connectivity index (χ4n) is 2.63. The summed E-state index contributed by atoms with van der Waals surface area (Å²) < 4.78 is 2.71. The number of hydrogen-bond donors (Lipinski definition) is 1. The van der Waals surface area contributed by atoms with Gasteiger partial charge in [-0.15, -0.1) is 10.2 Å². The van der Waals surface area contributed by atoms with Gasteiger partial charge in [-0.2, -0.15) is 0 Å². The SMILES string of the molecule is CN(Cc1ccccc1Br)C(=O)c1cccc(NC(=O)CSc2nncn2C)c1. The van der Waals surface area contributed by atoms with Crippen molar-refractivity contribution in [2.75, 3.05) is 18.1 Å². The van der Waals surface area contributed by atoms with Crippen molar-refractivity contribution >= 4 is 45.2 Å². The number of aromatic nitrogens is 3. The number of rotatable bonds is 7. The molecule has 2 amide bonds. The number of nitrogens with zero attached hydrogens (tertiary/aromatic N) is 4. The molecule has 1 aromatic heterocycles. The van der Waals surface area contributed by atoms with E-state index in [1.807, 2.05) is 31.3 Å². The van der Waals surface area contributed by atoms with E-state index in [1.54, 1.807) is 47.1 Å². The standard InChI is InChI=1S/C20H20BrN5O2S/c1-25(11-15-6-3-4-9-17(15)21)19(28)14-7-5-8-16(10-14)23-18(27)12-29-20-24-22-13-26(20)2/h3-10,13H,11-12H2,1-2H3,(H,23,27). The van der Waals surface area contributed by atoms with Crippen molar-refractivity contribution in [1.29, 1.82) is 0 Å². The molecule has 0 saturated heterocycles. The van der Waals surface area contributed by atoms with Crippen molar-refractivity contribution < 1.29 is 9.59 Å². The van der Waals surface area contributed by atoms with Crippen LogP contribution in [-0.4, -0.2) is 44.3 Å². The van der Waals surface area contributed by atoms with Crippen LogP contribution in [0.25, 0.3) is 0 Å². The third-order valence-electron chi connectivity index (χ3n) is 4.11. The lowest BCUT2D eigenvalue weighted by Gasteiger charge is -2.18. The molecule has 0 aliphatic carbocycles. The number of aryl methyl sites for hydroxylation is 1. The second-order valence-corrected chi connectivity index (χ2v) is 8.19. The summed E-state index contributed by atoms with van der Waals surface area (Å²) in [6, 6.07) is 14.7. The van der Waals surface area contributed by atoms with Crippen LogP contribution in [0.2, 0.25) is 0 Å². The molecule has 3 aromatic rings. The zero-order chi connectivity index (χ0) is 20.8. The van der Waals surface area contributed by atoms with Crippen LogP contribution in [0.15, 0.2) is 64.5 Å². The molecule has 0 aliphatic heterocycles. The Morgan fingerprint density at radius 2 is 2.00 bits per heavy atom. The minimum atomic E-state index is -0.177. The molecule has 150 valence electrons. The van der Waals surface area contributed by atoms with E-state index in [1.165, 1.54) is 11.8 Å². The van der Waals surface area contributed by atoms with Crippen molar-refractivity contribution in [3.8, 4) is 0 Å². The van der Waals surface area contributed by atoms with Crippen molar-refractivity contribution in [1.82, 2.24) is 19.7 Å². The summed E-state index contributed by atoms with van der Waals surface area (Å²) in [5.41, 5.74) is 2.11. The molecule has 0 unspecified atom stereocenters. The molecule has 0 saturated carbocycles. The second-order valence-electron chi connectivity index (χ2n) is 6.39. The van der Waals surface area contributed by atoms with Crippen LogP contribution in [-0.2, 0) is 18.4 Å². The Balaban J connectivity index is 1.60. The fourth-order valence-corrected chi connectivity index (χ4v) is 3.73. The lowest BCUT2D eigenvalue weighted by molar-refractivity contribution is -0.113. The van der Waals surface area contributed by atoms with Gasteiger partial charge in [0.05, 0.1) is 5.75 Å². The first-order chi connectivity index (χ1) is 13.9. The zero-order valence-corrected chi connectivity index (χ0v) is 18.4. The second kappa shape index (κ2) is 9.71. The number of benzene rings is 2. The average Bonchev–Trinajstić information content (AvgIpc) is 3.12. The van der Waals surface area contributed by atoms with Crippen LogP contribution >= 0.6 is 27.7 Å². The van der Waals surface area contributed by atoms with Gasteiger partial charge in [0.1, 0.15) is 6.33 Å². The van der Waals surface area contributed by atoms with Crippen LogP contribution < -0.4 is 5.32 Å². The van der Waals surface area contributed by atoms with Gasteiger partial charge in [-0.25, -0.2) is 0 Å². The molecular weight excluding hydrogens is 454 g/mol. The Bertz CT molecular complexity index is 1020. The van der Waals surface area contributed by atoms with E-state index < -0.39 is 0 Å². The quantitative estimate of drug-likeness (QED) is 0.530. The van der Waals surface area contributed by atoms with Gasteiger partial charge in [0.15, 0.2) is 5.16 Å². The normalized spacial score (nSPS) is 10.6. The summed E-state index contributed by atoms with van der Waals surface area (Å²) in [6.07, 6.45) is 1.58. The van der Waals surface area contributed by atoms with Gasteiger partial charge in [0.25, 0.3) is 5.91 Å². The Morgan fingerprint density at radius 3 is 2.72 bits per heavy atom. The molecule has 1 heterocycles. The summed E-state index contributed by atoms with van der Waals surface area (Å²) in [4.78, 5) is 26.7. The topological polar surface area (TPSA) is 80.1 Å². The predicted molar refractivity (Wildman–Crippen MR) is 117 cm³/mol. The van der Waals surface area contributed by atoms with Gasteiger partial charge in [-0.1, -0.05) is 52.0 Å². The lowest BCUT2D eigenvalue weighted by atomic mass is 10.1. The van der Waals surface area contributed by atoms with E-state index in [2.05, 4.69) is 31.4 Å². The third-order valence-corrected chi connectivity index (χ3v) is 5.92. The number of anilines is 1. The van der Waals surface area contributed by atoms with Gasteiger partial charge < -0.3 is 14.8 Å². The summed E-state index contributed by atoms with van der Waals surface area (Å²) in [5.74, 6) is -0.0957. The van der Waals surface area contributed by atoms with Crippen LogP contribution in [0, 0.1) is 0 Å². The maximum Gasteiger partial charge on any atom is 0.253 e.